The Morgan fingerprint density at radius 1 is 1.39 bits per heavy atom. The van der Waals surface area contributed by atoms with Crippen LogP contribution in [0.4, 0.5) is 10.5 Å². The van der Waals surface area contributed by atoms with Gasteiger partial charge >= 0.3 is 6.09 Å². The molecule has 0 unspecified atom stereocenters. The van der Waals surface area contributed by atoms with Crippen molar-refractivity contribution < 1.29 is 18.8 Å². The fraction of sp³-hybridized carbons (Fsp3) is 0.333. The number of carbonyl (C=O) groups excluding carboxylic acids is 2. The van der Waals surface area contributed by atoms with Crippen molar-refractivity contribution in [1.82, 2.24) is 15.5 Å². The van der Waals surface area contributed by atoms with Crippen molar-refractivity contribution in [3.05, 3.63) is 30.1 Å². The molecule has 1 atom stereocenters. The van der Waals surface area contributed by atoms with Crippen molar-refractivity contribution in [2.24, 2.45) is 0 Å². The quantitative estimate of drug-likeness (QED) is 0.918. The summed E-state index contributed by atoms with van der Waals surface area (Å²) in [6, 6.07) is 7.18. The van der Waals surface area contributed by atoms with Crippen molar-refractivity contribution >= 4 is 17.7 Å². The van der Waals surface area contributed by atoms with E-state index < -0.39 is 6.09 Å². The standard InChI is InChI=1S/C15H16N4O4/c1-9-17-14(23-18-9)11-3-5-12(6-4-11)19-8-13(22-15(19)21)7-16-10(2)20/h3-6,13H,7-8H2,1-2H3,(H,16,20)/t13-/m0/s1. The number of rotatable bonds is 4. The Hall–Kier alpha value is -2.90. The van der Waals surface area contributed by atoms with Crippen LogP contribution in [0, 0.1) is 6.92 Å². The fourth-order valence-corrected chi connectivity index (χ4v) is 2.29. The maximum Gasteiger partial charge on any atom is 0.414 e. The number of cyclic esters (lactones) is 1. The summed E-state index contributed by atoms with van der Waals surface area (Å²) in [5, 5.41) is 6.39. The minimum absolute atomic E-state index is 0.154. The molecule has 2 heterocycles. The zero-order valence-electron chi connectivity index (χ0n) is 12.8. The highest BCUT2D eigenvalue weighted by molar-refractivity contribution is 5.90. The second-order valence-electron chi connectivity index (χ2n) is 5.25. The van der Waals surface area contributed by atoms with E-state index >= 15 is 0 Å². The van der Waals surface area contributed by atoms with Gasteiger partial charge in [0.05, 0.1) is 13.1 Å². The van der Waals surface area contributed by atoms with Gasteiger partial charge in [0, 0.05) is 18.2 Å². The monoisotopic (exact) mass is 316 g/mol. The number of aryl methyl sites for hydroxylation is 1. The molecule has 0 bridgehead atoms. The first-order valence-electron chi connectivity index (χ1n) is 7.16. The summed E-state index contributed by atoms with van der Waals surface area (Å²) in [4.78, 5) is 28.5. The molecule has 23 heavy (non-hydrogen) atoms. The minimum atomic E-state index is -0.429. The highest BCUT2D eigenvalue weighted by Crippen LogP contribution is 2.25. The van der Waals surface area contributed by atoms with Gasteiger partial charge in [-0.15, -0.1) is 0 Å². The van der Waals surface area contributed by atoms with Gasteiger partial charge in [-0.2, -0.15) is 4.98 Å². The van der Waals surface area contributed by atoms with E-state index in [1.54, 1.807) is 31.2 Å². The van der Waals surface area contributed by atoms with Crippen molar-refractivity contribution in [3.8, 4) is 11.5 Å². The Kier molecular flexibility index (Phi) is 3.96. The van der Waals surface area contributed by atoms with Crippen molar-refractivity contribution in [2.45, 2.75) is 20.0 Å². The van der Waals surface area contributed by atoms with Crippen LogP contribution in [0.5, 0.6) is 0 Å². The number of hydrogen-bond donors (Lipinski definition) is 1. The topological polar surface area (TPSA) is 97.6 Å². The normalized spacial score (nSPS) is 17.2. The summed E-state index contributed by atoms with van der Waals surface area (Å²) in [5.74, 6) is 0.841. The Balaban J connectivity index is 1.69. The number of aromatic nitrogens is 2. The molecule has 1 fully saturated rings. The van der Waals surface area contributed by atoms with Gasteiger partial charge < -0.3 is 14.6 Å². The van der Waals surface area contributed by atoms with Crippen LogP contribution in [0.15, 0.2) is 28.8 Å². The molecule has 0 aliphatic carbocycles. The van der Waals surface area contributed by atoms with Crippen LogP contribution in [0.3, 0.4) is 0 Å². The van der Waals surface area contributed by atoms with Gasteiger partial charge in [0.25, 0.3) is 5.89 Å². The number of anilines is 1. The number of benzene rings is 1. The third kappa shape index (κ3) is 3.31. The maximum atomic E-state index is 11.9. The fourth-order valence-electron chi connectivity index (χ4n) is 2.29. The average Bonchev–Trinajstić information content (AvgIpc) is 3.11. The smallest absolute Gasteiger partial charge is 0.414 e. The highest BCUT2D eigenvalue weighted by atomic mass is 16.6. The van der Waals surface area contributed by atoms with Crippen molar-refractivity contribution in [2.75, 3.05) is 18.0 Å². The molecule has 0 spiro atoms. The van der Waals surface area contributed by atoms with Crippen LogP contribution in [-0.4, -0.2) is 41.3 Å². The molecular formula is C15H16N4O4. The van der Waals surface area contributed by atoms with Gasteiger partial charge in [-0.25, -0.2) is 4.79 Å². The van der Waals surface area contributed by atoms with E-state index in [1.165, 1.54) is 11.8 Å². The lowest BCUT2D eigenvalue weighted by molar-refractivity contribution is -0.119. The van der Waals surface area contributed by atoms with Crippen molar-refractivity contribution in [1.29, 1.82) is 0 Å². The lowest BCUT2D eigenvalue weighted by Crippen LogP contribution is -2.33. The van der Waals surface area contributed by atoms with Crippen LogP contribution in [0.25, 0.3) is 11.5 Å². The van der Waals surface area contributed by atoms with E-state index in [0.717, 1.165) is 5.56 Å². The van der Waals surface area contributed by atoms with Crippen LogP contribution in [0.2, 0.25) is 0 Å². The van der Waals surface area contributed by atoms with Gasteiger partial charge in [-0.3, -0.25) is 9.69 Å². The zero-order chi connectivity index (χ0) is 16.4. The Morgan fingerprint density at radius 2 is 2.13 bits per heavy atom. The van der Waals surface area contributed by atoms with Gasteiger partial charge in [0.15, 0.2) is 5.82 Å². The maximum absolute atomic E-state index is 11.9. The van der Waals surface area contributed by atoms with Crippen LogP contribution < -0.4 is 10.2 Å². The summed E-state index contributed by atoms with van der Waals surface area (Å²) < 4.78 is 10.3. The Labute approximate surface area is 132 Å². The number of ether oxygens (including phenoxy) is 1. The predicted octanol–water partition coefficient (Wildman–Crippen LogP) is 1.51. The number of amides is 2. The molecule has 1 N–H and O–H groups in total. The first kappa shape index (κ1) is 15.0. The molecule has 1 aromatic heterocycles. The predicted molar refractivity (Wildman–Crippen MR) is 80.8 cm³/mol. The zero-order valence-corrected chi connectivity index (χ0v) is 12.8. The van der Waals surface area contributed by atoms with E-state index in [1.807, 2.05) is 0 Å². The highest BCUT2D eigenvalue weighted by Gasteiger charge is 2.32. The first-order chi connectivity index (χ1) is 11.0. The van der Waals surface area contributed by atoms with Crippen molar-refractivity contribution in [3.63, 3.8) is 0 Å². The second kappa shape index (κ2) is 6.07. The van der Waals surface area contributed by atoms with Crippen LogP contribution >= 0.6 is 0 Å². The van der Waals surface area contributed by atoms with E-state index in [-0.39, 0.29) is 12.0 Å². The molecule has 1 aliphatic heterocycles. The summed E-state index contributed by atoms with van der Waals surface area (Å²) in [7, 11) is 0. The lowest BCUT2D eigenvalue weighted by Gasteiger charge is -2.13. The molecule has 2 aromatic rings. The Morgan fingerprint density at radius 3 is 2.74 bits per heavy atom. The molecule has 1 aliphatic rings. The van der Waals surface area contributed by atoms with Crippen LogP contribution in [-0.2, 0) is 9.53 Å². The molecular weight excluding hydrogens is 300 g/mol. The van der Waals surface area contributed by atoms with E-state index in [0.29, 0.717) is 30.5 Å². The second-order valence-corrected chi connectivity index (χ2v) is 5.25. The molecule has 8 heteroatoms. The molecule has 1 aromatic carbocycles. The largest absolute Gasteiger partial charge is 0.442 e. The van der Waals surface area contributed by atoms with Gasteiger partial charge in [0.1, 0.15) is 6.10 Å². The molecule has 0 saturated carbocycles. The lowest BCUT2D eigenvalue weighted by atomic mass is 10.2. The molecule has 2 amide bonds. The number of carbonyl (C=O) groups is 2. The SMILES string of the molecule is CC(=O)NC[C@H]1CN(c2ccc(-c3nc(C)no3)cc2)C(=O)O1. The Bertz CT molecular complexity index is 725. The molecule has 0 radical (unpaired) electrons. The third-order valence-electron chi connectivity index (χ3n) is 3.41. The molecule has 8 nitrogen and oxygen atoms in total. The van der Waals surface area contributed by atoms with Crippen LogP contribution in [0.1, 0.15) is 12.7 Å². The molecule has 3 rings (SSSR count). The van der Waals surface area contributed by atoms with E-state index in [9.17, 15) is 9.59 Å². The minimum Gasteiger partial charge on any atom is -0.442 e. The summed E-state index contributed by atoms with van der Waals surface area (Å²) in [6.45, 7) is 3.86. The van der Waals surface area contributed by atoms with Gasteiger partial charge in [-0.05, 0) is 31.2 Å². The number of hydrogen-bond acceptors (Lipinski definition) is 6. The van der Waals surface area contributed by atoms with Gasteiger partial charge in [0.2, 0.25) is 5.91 Å². The summed E-state index contributed by atoms with van der Waals surface area (Å²) in [5.41, 5.74) is 1.48. The summed E-state index contributed by atoms with van der Waals surface area (Å²) in [6.07, 6.45) is -0.786. The van der Waals surface area contributed by atoms with E-state index in [4.69, 9.17) is 9.26 Å². The number of nitrogens with one attached hydrogen (secondary N) is 1. The van der Waals surface area contributed by atoms with E-state index in [2.05, 4.69) is 15.5 Å². The third-order valence-corrected chi connectivity index (χ3v) is 3.41. The average molecular weight is 316 g/mol. The number of nitrogens with zero attached hydrogens (tertiary/aromatic N) is 3. The molecule has 1 saturated heterocycles. The van der Waals surface area contributed by atoms with Gasteiger partial charge in [-0.1, -0.05) is 5.16 Å². The first-order valence-corrected chi connectivity index (χ1v) is 7.16. The molecule has 120 valence electrons. The summed E-state index contributed by atoms with van der Waals surface area (Å²) >= 11 is 0.